The Balaban J connectivity index is 1.68. The molecule has 3 heteroatoms. The summed E-state index contributed by atoms with van der Waals surface area (Å²) in [5, 5.41) is 7.21. The number of aryl methyl sites for hydroxylation is 1. The van der Waals surface area contributed by atoms with Crippen molar-refractivity contribution in [1.82, 2.24) is 15.6 Å². The highest BCUT2D eigenvalue weighted by molar-refractivity contribution is 5.64. The lowest BCUT2D eigenvalue weighted by molar-refractivity contribution is 0.317. The first-order chi connectivity index (χ1) is 11.8. The molecule has 1 fully saturated rings. The second-order valence-electron chi connectivity index (χ2n) is 6.79. The number of rotatable bonds is 6. The third-order valence-electron chi connectivity index (χ3n) is 5.32. The van der Waals surface area contributed by atoms with Crippen molar-refractivity contribution in [2.24, 2.45) is 0 Å². The van der Waals surface area contributed by atoms with E-state index in [1.807, 2.05) is 12.4 Å². The van der Waals surface area contributed by atoms with Gasteiger partial charge < -0.3 is 10.6 Å². The van der Waals surface area contributed by atoms with E-state index in [4.69, 9.17) is 0 Å². The van der Waals surface area contributed by atoms with Crippen molar-refractivity contribution in [3.8, 4) is 11.1 Å². The van der Waals surface area contributed by atoms with Gasteiger partial charge in [-0.1, -0.05) is 19.1 Å². The Labute approximate surface area is 145 Å². The molecule has 1 aliphatic carbocycles. The van der Waals surface area contributed by atoms with Crippen LogP contribution >= 0.6 is 0 Å². The molecule has 128 valence electrons. The predicted molar refractivity (Wildman–Crippen MR) is 101 cm³/mol. The van der Waals surface area contributed by atoms with Crippen LogP contribution in [0.4, 0.5) is 0 Å². The Morgan fingerprint density at radius 2 is 1.62 bits per heavy atom. The summed E-state index contributed by atoms with van der Waals surface area (Å²) in [5.74, 6) is 0. The summed E-state index contributed by atoms with van der Waals surface area (Å²) in [6.07, 6.45) is 9.92. The van der Waals surface area contributed by atoms with Crippen LogP contribution in [0.25, 0.3) is 11.1 Å². The van der Waals surface area contributed by atoms with Crippen molar-refractivity contribution in [1.29, 1.82) is 0 Å². The van der Waals surface area contributed by atoms with Crippen LogP contribution in [0, 0.1) is 0 Å². The first-order valence-electron chi connectivity index (χ1n) is 9.23. The number of hydrogen-bond acceptors (Lipinski definition) is 3. The maximum atomic E-state index is 4.12. The van der Waals surface area contributed by atoms with Crippen LogP contribution in [0.5, 0.6) is 0 Å². The van der Waals surface area contributed by atoms with Crippen LogP contribution in [-0.2, 0) is 13.0 Å². The molecule has 0 unspecified atom stereocenters. The summed E-state index contributed by atoms with van der Waals surface area (Å²) >= 11 is 0. The normalized spacial score (nSPS) is 20.9. The molecular weight excluding hydrogens is 294 g/mol. The summed E-state index contributed by atoms with van der Waals surface area (Å²) in [5.41, 5.74) is 5.40. The molecule has 3 nitrogen and oxygen atoms in total. The lowest BCUT2D eigenvalue weighted by Crippen LogP contribution is -2.38. The second-order valence-corrected chi connectivity index (χ2v) is 6.79. The van der Waals surface area contributed by atoms with Crippen molar-refractivity contribution in [2.75, 3.05) is 7.05 Å². The number of nitrogens with one attached hydrogen (secondary N) is 2. The fourth-order valence-electron chi connectivity index (χ4n) is 3.70. The van der Waals surface area contributed by atoms with E-state index in [0.29, 0.717) is 12.1 Å². The Morgan fingerprint density at radius 3 is 2.29 bits per heavy atom. The molecule has 2 aromatic rings. The lowest BCUT2D eigenvalue weighted by atomic mass is 9.91. The number of hydrogen-bond donors (Lipinski definition) is 2. The van der Waals surface area contributed by atoms with E-state index < -0.39 is 0 Å². The third kappa shape index (κ3) is 4.22. The first kappa shape index (κ1) is 17.1. The summed E-state index contributed by atoms with van der Waals surface area (Å²) in [4.78, 5) is 4.12. The third-order valence-corrected chi connectivity index (χ3v) is 5.32. The maximum Gasteiger partial charge on any atom is 0.0273 e. The Kier molecular flexibility index (Phi) is 6.00. The number of nitrogens with zero attached hydrogens (tertiary/aromatic N) is 1. The highest BCUT2D eigenvalue weighted by Gasteiger charge is 2.19. The van der Waals surface area contributed by atoms with Gasteiger partial charge in [0.1, 0.15) is 0 Å². The molecule has 0 bridgehead atoms. The molecule has 1 aromatic carbocycles. The van der Waals surface area contributed by atoms with Gasteiger partial charge in [0.15, 0.2) is 0 Å². The van der Waals surface area contributed by atoms with Gasteiger partial charge in [-0.25, -0.2) is 0 Å². The predicted octanol–water partition coefficient (Wildman–Crippen LogP) is 3.93. The lowest BCUT2D eigenvalue weighted by Gasteiger charge is -2.29. The van der Waals surface area contributed by atoms with Crippen LogP contribution in [0.15, 0.2) is 42.7 Å². The summed E-state index contributed by atoms with van der Waals surface area (Å²) in [6.45, 7) is 3.21. The standard InChI is InChI=1S/C21H29N3/c1-3-16-4-5-18(17-10-12-23-13-11-17)14-19(16)15-24-21-8-6-20(22-2)7-9-21/h4-5,10-14,20-22,24H,3,6-9,15H2,1-2H3. The van der Waals surface area contributed by atoms with Gasteiger partial charge in [0, 0.05) is 31.0 Å². The minimum atomic E-state index is 0.656. The van der Waals surface area contributed by atoms with E-state index in [1.54, 1.807) is 0 Å². The number of aromatic nitrogens is 1. The minimum absolute atomic E-state index is 0.656. The van der Waals surface area contributed by atoms with Gasteiger partial charge in [-0.15, -0.1) is 0 Å². The monoisotopic (exact) mass is 323 g/mol. The molecule has 0 spiro atoms. The smallest absolute Gasteiger partial charge is 0.0273 e. The average molecular weight is 323 g/mol. The second kappa shape index (κ2) is 8.41. The van der Waals surface area contributed by atoms with E-state index in [9.17, 15) is 0 Å². The number of benzene rings is 1. The molecule has 0 saturated heterocycles. The van der Waals surface area contributed by atoms with Crippen molar-refractivity contribution in [2.45, 2.75) is 57.7 Å². The largest absolute Gasteiger partial charge is 0.317 e. The van der Waals surface area contributed by atoms with E-state index >= 15 is 0 Å². The summed E-state index contributed by atoms with van der Waals surface area (Å²) in [7, 11) is 2.08. The maximum absolute atomic E-state index is 4.12. The van der Waals surface area contributed by atoms with Gasteiger partial charge in [0.25, 0.3) is 0 Å². The van der Waals surface area contributed by atoms with Crippen LogP contribution in [0.1, 0.15) is 43.7 Å². The van der Waals surface area contributed by atoms with E-state index in [2.05, 4.69) is 59.9 Å². The zero-order chi connectivity index (χ0) is 16.8. The van der Waals surface area contributed by atoms with Crippen molar-refractivity contribution < 1.29 is 0 Å². The quantitative estimate of drug-likeness (QED) is 0.846. The van der Waals surface area contributed by atoms with Crippen LogP contribution in [0.2, 0.25) is 0 Å². The van der Waals surface area contributed by atoms with Crippen molar-refractivity contribution in [3.63, 3.8) is 0 Å². The van der Waals surface area contributed by atoms with E-state index in [-0.39, 0.29) is 0 Å². The Morgan fingerprint density at radius 1 is 0.917 bits per heavy atom. The highest BCUT2D eigenvalue weighted by Crippen LogP contribution is 2.24. The number of pyridine rings is 1. The van der Waals surface area contributed by atoms with Gasteiger partial charge >= 0.3 is 0 Å². The molecule has 0 radical (unpaired) electrons. The van der Waals surface area contributed by atoms with Gasteiger partial charge in [0.05, 0.1) is 0 Å². The van der Waals surface area contributed by atoms with Crippen LogP contribution in [0.3, 0.4) is 0 Å². The summed E-state index contributed by atoms with van der Waals surface area (Å²) < 4.78 is 0. The van der Waals surface area contributed by atoms with Gasteiger partial charge in [-0.2, -0.15) is 0 Å². The minimum Gasteiger partial charge on any atom is -0.317 e. The molecule has 3 rings (SSSR count). The van der Waals surface area contributed by atoms with Gasteiger partial charge in [-0.05, 0) is 79.6 Å². The fraction of sp³-hybridized carbons (Fsp3) is 0.476. The van der Waals surface area contributed by atoms with Crippen LogP contribution < -0.4 is 10.6 Å². The molecule has 1 aromatic heterocycles. The average Bonchev–Trinajstić information content (AvgIpc) is 2.67. The SMILES string of the molecule is CCc1ccc(-c2ccncc2)cc1CNC1CCC(NC)CC1. The Bertz CT molecular complexity index is 631. The molecule has 24 heavy (non-hydrogen) atoms. The molecule has 2 N–H and O–H groups in total. The topological polar surface area (TPSA) is 37.0 Å². The van der Waals surface area contributed by atoms with Crippen molar-refractivity contribution >= 4 is 0 Å². The molecule has 0 aliphatic heterocycles. The zero-order valence-corrected chi connectivity index (χ0v) is 14.9. The van der Waals surface area contributed by atoms with Gasteiger partial charge in [0.2, 0.25) is 0 Å². The zero-order valence-electron chi connectivity index (χ0n) is 14.9. The van der Waals surface area contributed by atoms with Crippen molar-refractivity contribution in [3.05, 3.63) is 53.9 Å². The molecular formula is C21H29N3. The molecule has 1 aliphatic rings. The first-order valence-corrected chi connectivity index (χ1v) is 9.23. The molecule has 0 atom stereocenters. The van der Waals surface area contributed by atoms with E-state index in [1.165, 1.54) is 47.9 Å². The summed E-state index contributed by atoms with van der Waals surface area (Å²) in [6, 6.07) is 12.4. The molecule has 1 heterocycles. The Hall–Kier alpha value is -1.71. The van der Waals surface area contributed by atoms with E-state index in [0.717, 1.165) is 13.0 Å². The fourth-order valence-corrected chi connectivity index (χ4v) is 3.70. The highest BCUT2D eigenvalue weighted by atomic mass is 14.9. The van der Waals surface area contributed by atoms with Gasteiger partial charge in [-0.3, -0.25) is 4.98 Å². The molecule has 1 saturated carbocycles. The van der Waals surface area contributed by atoms with Crippen LogP contribution in [-0.4, -0.2) is 24.1 Å². The molecule has 0 amide bonds.